The second-order valence-electron chi connectivity index (χ2n) is 4.14. The lowest BCUT2D eigenvalue weighted by molar-refractivity contribution is 0.272. The average Bonchev–Trinajstić information content (AvgIpc) is 2.26. The SMILES string of the molecule is CCCCc1cccc(CP(=O)(O)OCC)c1. The molecular weight excluding hydrogens is 235 g/mol. The summed E-state index contributed by atoms with van der Waals surface area (Å²) in [5.74, 6) is 0. The molecule has 0 aliphatic heterocycles. The third-order valence-corrected chi connectivity index (χ3v) is 3.95. The minimum Gasteiger partial charge on any atom is -0.324 e. The summed E-state index contributed by atoms with van der Waals surface area (Å²) in [6.45, 7) is 4.14. The Bertz CT molecular complexity index is 390. The number of hydrogen-bond acceptors (Lipinski definition) is 2. The van der Waals surface area contributed by atoms with Gasteiger partial charge in [-0.05, 0) is 30.9 Å². The highest BCUT2D eigenvalue weighted by Crippen LogP contribution is 2.45. The Morgan fingerprint density at radius 2 is 2.00 bits per heavy atom. The molecule has 1 unspecified atom stereocenters. The predicted octanol–water partition coefficient (Wildman–Crippen LogP) is 3.75. The van der Waals surface area contributed by atoms with Gasteiger partial charge in [0.2, 0.25) is 0 Å². The molecule has 0 saturated heterocycles. The normalized spacial score (nSPS) is 14.5. The Morgan fingerprint density at radius 1 is 1.29 bits per heavy atom. The van der Waals surface area contributed by atoms with Crippen molar-refractivity contribution in [3.63, 3.8) is 0 Å². The number of aryl methyl sites for hydroxylation is 1. The van der Waals surface area contributed by atoms with E-state index in [2.05, 4.69) is 13.0 Å². The number of hydrogen-bond donors (Lipinski definition) is 1. The van der Waals surface area contributed by atoms with Crippen LogP contribution < -0.4 is 0 Å². The highest BCUT2D eigenvalue weighted by molar-refractivity contribution is 7.51. The van der Waals surface area contributed by atoms with Crippen LogP contribution in [0.2, 0.25) is 0 Å². The smallest absolute Gasteiger partial charge is 0.324 e. The van der Waals surface area contributed by atoms with Crippen LogP contribution in [-0.2, 0) is 21.7 Å². The first-order chi connectivity index (χ1) is 8.07. The topological polar surface area (TPSA) is 46.5 Å². The van der Waals surface area contributed by atoms with Gasteiger partial charge >= 0.3 is 7.60 Å². The van der Waals surface area contributed by atoms with Gasteiger partial charge in [0.05, 0.1) is 12.8 Å². The third kappa shape index (κ3) is 5.49. The van der Waals surface area contributed by atoms with Crippen LogP contribution >= 0.6 is 7.60 Å². The van der Waals surface area contributed by atoms with Crippen molar-refractivity contribution in [2.75, 3.05) is 6.61 Å². The van der Waals surface area contributed by atoms with Gasteiger partial charge in [-0.2, -0.15) is 0 Å². The monoisotopic (exact) mass is 256 g/mol. The lowest BCUT2D eigenvalue weighted by atomic mass is 10.1. The van der Waals surface area contributed by atoms with Crippen LogP contribution in [0.3, 0.4) is 0 Å². The summed E-state index contributed by atoms with van der Waals surface area (Å²) in [6.07, 6.45) is 3.42. The molecule has 0 fully saturated rings. The molecule has 0 aliphatic rings. The van der Waals surface area contributed by atoms with Crippen LogP contribution in [-0.4, -0.2) is 11.5 Å². The fraction of sp³-hybridized carbons (Fsp3) is 0.538. The van der Waals surface area contributed by atoms with E-state index in [-0.39, 0.29) is 12.8 Å². The molecule has 0 aromatic heterocycles. The number of benzene rings is 1. The van der Waals surface area contributed by atoms with Gasteiger partial charge in [0.1, 0.15) is 0 Å². The van der Waals surface area contributed by atoms with Crippen molar-refractivity contribution in [3.05, 3.63) is 35.4 Å². The Balaban J connectivity index is 2.68. The third-order valence-electron chi connectivity index (χ3n) is 2.52. The fourth-order valence-corrected chi connectivity index (χ4v) is 2.90. The molecule has 0 spiro atoms. The first-order valence-electron chi connectivity index (χ1n) is 6.11. The van der Waals surface area contributed by atoms with E-state index in [9.17, 15) is 9.46 Å². The summed E-state index contributed by atoms with van der Waals surface area (Å²) in [6, 6.07) is 7.86. The number of unbranched alkanes of at least 4 members (excludes halogenated alkanes) is 1. The lowest BCUT2D eigenvalue weighted by Crippen LogP contribution is -1.94. The predicted molar refractivity (Wildman–Crippen MR) is 70.2 cm³/mol. The van der Waals surface area contributed by atoms with Gasteiger partial charge in [-0.15, -0.1) is 0 Å². The van der Waals surface area contributed by atoms with Crippen molar-refractivity contribution in [3.8, 4) is 0 Å². The molecule has 0 aliphatic carbocycles. The molecule has 1 N–H and O–H groups in total. The maximum Gasteiger partial charge on any atom is 0.332 e. The minimum absolute atomic E-state index is 0.0980. The summed E-state index contributed by atoms with van der Waals surface area (Å²) < 4.78 is 16.5. The van der Waals surface area contributed by atoms with E-state index in [0.717, 1.165) is 24.8 Å². The standard InChI is InChI=1S/C13H21O3P/c1-3-5-7-12-8-6-9-13(10-12)11-17(14,15)16-4-2/h6,8-10H,3-5,7,11H2,1-2H3,(H,14,15). The summed E-state index contributed by atoms with van der Waals surface area (Å²) in [5, 5.41) is 0. The van der Waals surface area contributed by atoms with Crippen molar-refractivity contribution in [2.45, 2.75) is 39.3 Å². The molecule has 0 bridgehead atoms. The molecule has 17 heavy (non-hydrogen) atoms. The second kappa shape index (κ2) is 6.95. The zero-order valence-electron chi connectivity index (χ0n) is 10.6. The molecule has 1 aromatic carbocycles. The van der Waals surface area contributed by atoms with Crippen LogP contribution in [0.5, 0.6) is 0 Å². The van der Waals surface area contributed by atoms with E-state index in [1.54, 1.807) is 6.92 Å². The number of rotatable bonds is 7. The summed E-state index contributed by atoms with van der Waals surface area (Å²) in [7, 11) is -3.46. The second-order valence-corrected chi connectivity index (χ2v) is 5.99. The molecule has 1 atom stereocenters. The molecule has 0 saturated carbocycles. The minimum atomic E-state index is -3.46. The van der Waals surface area contributed by atoms with E-state index in [4.69, 9.17) is 4.52 Å². The van der Waals surface area contributed by atoms with E-state index < -0.39 is 7.60 Å². The van der Waals surface area contributed by atoms with Crippen molar-refractivity contribution in [1.82, 2.24) is 0 Å². The van der Waals surface area contributed by atoms with Gasteiger partial charge in [-0.25, -0.2) is 0 Å². The summed E-state index contributed by atoms with van der Waals surface area (Å²) in [5.41, 5.74) is 2.10. The van der Waals surface area contributed by atoms with Crippen molar-refractivity contribution < 1.29 is 14.0 Å². The Kier molecular flexibility index (Phi) is 5.90. The fourth-order valence-electron chi connectivity index (χ4n) is 1.74. The highest BCUT2D eigenvalue weighted by atomic mass is 31.2. The van der Waals surface area contributed by atoms with Gasteiger partial charge in [0, 0.05) is 0 Å². The Hall–Kier alpha value is -0.630. The molecular formula is C13H21O3P. The zero-order chi connectivity index (χ0) is 12.7. The van der Waals surface area contributed by atoms with Crippen molar-refractivity contribution in [2.24, 2.45) is 0 Å². The molecule has 4 heteroatoms. The largest absolute Gasteiger partial charge is 0.332 e. The first-order valence-corrected chi connectivity index (χ1v) is 7.88. The molecule has 0 amide bonds. The summed E-state index contributed by atoms with van der Waals surface area (Å²) >= 11 is 0. The first kappa shape index (κ1) is 14.4. The van der Waals surface area contributed by atoms with Crippen LogP contribution in [0.25, 0.3) is 0 Å². The molecule has 0 radical (unpaired) electrons. The van der Waals surface area contributed by atoms with Gasteiger partial charge < -0.3 is 9.42 Å². The van der Waals surface area contributed by atoms with E-state index in [0.29, 0.717) is 0 Å². The van der Waals surface area contributed by atoms with Crippen LogP contribution in [0.1, 0.15) is 37.8 Å². The van der Waals surface area contributed by atoms with Gasteiger partial charge in [0.15, 0.2) is 0 Å². The quantitative estimate of drug-likeness (QED) is 0.756. The van der Waals surface area contributed by atoms with Gasteiger partial charge in [0.25, 0.3) is 0 Å². The molecule has 0 heterocycles. The Morgan fingerprint density at radius 3 is 2.65 bits per heavy atom. The average molecular weight is 256 g/mol. The molecule has 1 aromatic rings. The molecule has 3 nitrogen and oxygen atoms in total. The van der Waals surface area contributed by atoms with E-state index in [1.165, 1.54) is 5.56 Å². The van der Waals surface area contributed by atoms with Crippen LogP contribution in [0.4, 0.5) is 0 Å². The molecule has 96 valence electrons. The van der Waals surface area contributed by atoms with E-state index >= 15 is 0 Å². The van der Waals surface area contributed by atoms with Crippen LogP contribution in [0.15, 0.2) is 24.3 Å². The zero-order valence-corrected chi connectivity index (χ0v) is 11.5. The van der Waals surface area contributed by atoms with Crippen molar-refractivity contribution >= 4 is 7.60 Å². The van der Waals surface area contributed by atoms with E-state index in [1.807, 2.05) is 18.2 Å². The van der Waals surface area contributed by atoms with Crippen molar-refractivity contribution in [1.29, 1.82) is 0 Å². The molecule has 1 rings (SSSR count). The lowest BCUT2D eigenvalue weighted by Gasteiger charge is -2.11. The van der Waals surface area contributed by atoms with Gasteiger partial charge in [-0.1, -0.05) is 37.6 Å². The van der Waals surface area contributed by atoms with Crippen LogP contribution in [0, 0.1) is 0 Å². The Labute approximate surface area is 103 Å². The van der Waals surface area contributed by atoms with Gasteiger partial charge in [-0.3, -0.25) is 4.57 Å². The maximum atomic E-state index is 11.6. The highest BCUT2D eigenvalue weighted by Gasteiger charge is 2.18. The summed E-state index contributed by atoms with van der Waals surface area (Å²) in [4.78, 5) is 9.57. The maximum absolute atomic E-state index is 11.6.